The standard InChI is InChI=1S/C12H17ClN2O2S/c13-11-5-1-2-6-12(11)15-18(16,17)9-7-10-4-3-8-14-10/h1-2,5-6,10,14-15H,3-4,7-9H2. The van der Waals surface area contributed by atoms with Gasteiger partial charge >= 0.3 is 0 Å². The lowest BCUT2D eigenvalue weighted by Gasteiger charge is -2.12. The SMILES string of the molecule is O=S(=O)(CCC1CCCN1)Nc1ccccc1Cl. The third-order valence-corrected chi connectivity index (χ3v) is 4.67. The van der Waals surface area contributed by atoms with E-state index in [-0.39, 0.29) is 5.75 Å². The highest BCUT2D eigenvalue weighted by Crippen LogP contribution is 2.22. The second-order valence-electron chi connectivity index (χ2n) is 4.48. The first-order chi connectivity index (χ1) is 8.57. The van der Waals surface area contributed by atoms with Crippen LogP contribution in [0.4, 0.5) is 5.69 Å². The molecule has 1 fully saturated rings. The maximum Gasteiger partial charge on any atom is 0.232 e. The largest absolute Gasteiger partial charge is 0.314 e. The van der Waals surface area contributed by atoms with Crippen molar-refractivity contribution in [1.82, 2.24) is 5.32 Å². The van der Waals surface area contributed by atoms with Crippen molar-refractivity contribution in [2.45, 2.75) is 25.3 Å². The number of halogens is 1. The summed E-state index contributed by atoms with van der Waals surface area (Å²) >= 11 is 5.92. The average Bonchev–Trinajstić information content (AvgIpc) is 2.83. The first-order valence-corrected chi connectivity index (χ1v) is 8.08. The molecule has 1 aliphatic heterocycles. The van der Waals surface area contributed by atoms with Gasteiger partial charge in [0.15, 0.2) is 0 Å². The molecular formula is C12H17ClN2O2S. The van der Waals surface area contributed by atoms with Gasteiger partial charge < -0.3 is 5.32 Å². The quantitative estimate of drug-likeness (QED) is 0.873. The summed E-state index contributed by atoms with van der Waals surface area (Å²) in [5, 5.41) is 3.70. The smallest absolute Gasteiger partial charge is 0.232 e. The van der Waals surface area contributed by atoms with Crippen molar-refractivity contribution in [2.24, 2.45) is 0 Å². The minimum atomic E-state index is -3.32. The first-order valence-electron chi connectivity index (χ1n) is 6.05. The summed E-state index contributed by atoms with van der Waals surface area (Å²) in [6.07, 6.45) is 2.82. The molecule has 18 heavy (non-hydrogen) atoms. The van der Waals surface area contributed by atoms with Gasteiger partial charge in [0.25, 0.3) is 0 Å². The van der Waals surface area contributed by atoms with E-state index in [0.29, 0.717) is 23.2 Å². The Morgan fingerprint density at radius 3 is 2.83 bits per heavy atom. The number of hydrogen-bond acceptors (Lipinski definition) is 3. The molecule has 6 heteroatoms. The molecule has 0 amide bonds. The number of hydrogen-bond donors (Lipinski definition) is 2. The van der Waals surface area contributed by atoms with Crippen molar-refractivity contribution in [3.05, 3.63) is 29.3 Å². The molecule has 1 unspecified atom stereocenters. The summed E-state index contributed by atoms with van der Waals surface area (Å²) in [5.74, 6) is 0.121. The molecule has 1 aromatic carbocycles. The number of benzene rings is 1. The van der Waals surface area contributed by atoms with Crippen LogP contribution in [0.1, 0.15) is 19.3 Å². The van der Waals surface area contributed by atoms with E-state index in [1.54, 1.807) is 24.3 Å². The molecule has 1 atom stereocenters. The van der Waals surface area contributed by atoms with Gasteiger partial charge in [0.05, 0.1) is 16.5 Å². The van der Waals surface area contributed by atoms with Crippen LogP contribution in [-0.2, 0) is 10.0 Å². The lowest BCUT2D eigenvalue weighted by molar-refractivity contribution is 0.565. The second-order valence-corrected chi connectivity index (χ2v) is 6.73. The Labute approximate surface area is 113 Å². The van der Waals surface area contributed by atoms with Crippen LogP contribution < -0.4 is 10.0 Å². The number of rotatable bonds is 5. The van der Waals surface area contributed by atoms with E-state index in [9.17, 15) is 8.42 Å². The van der Waals surface area contributed by atoms with Crippen LogP contribution >= 0.6 is 11.6 Å². The molecule has 1 heterocycles. The molecule has 0 aromatic heterocycles. The van der Waals surface area contributed by atoms with Crippen LogP contribution in [0.2, 0.25) is 5.02 Å². The molecule has 1 aromatic rings. The highest BCUT2D eigenvalue weighted by molar-refractivity contribution is 7.92. The molecule has 2 rings (SSSR count). The van der Waals surface area contributed by atoms with Crippen molar-refractivity contribution in [3.63, 3.8) is 0 Å². The van der Waals surface area contributed by atoms with Crippen LogP contribution in [0, 0.1) is 0 Å². The molecular weight excluding hydrogens is 272 g/mol. The zero-order valence-electron chi connectivity index (χ0n) is 10.0. The summed E-state index contributed by atoms with van der Waals surface area (Å²) in [4.78, 5) is 0. The predicted octanol–water partition coefficient (Wildman–Crippen LogP) is 2.22. The summed E-state index contributed by atoms with van der Waals surface area (Å²) in [7, 11) is -3.32. The van der Waals surface area contributed by atoms with Crippen LogP contribution in [0.15, 0.2) is 24.3 Å². The van der Waals surface area contributed by atoms with Gasteiger partial charge in [-0.25, -0.2) is 8.42 Å². The van der Waals surface area contributed by atoms with Crippen molar-refractivity contribution in [2.75, 3.05) is 17.0 Å². The van der Waals surface area contributed by atoms with Crippen molar-refractivity contribution >= 4 is 27.3 Å². The van der Waals surface area contributed by atoms with Gasteiger partial charge in [-0.15, -0.1) is 0 Å². The Kier molecular flexibility index (Phi) is 4.48. The van der Waals surface area contributed by atoms with Crippen molar-refractivity contribution in [1.29, 1.82) is 0 Å². The third-order valence-electron chi connectivity index (χ3n) is 3.04. The molecule has 2 N–H and O–H groups in total. The molecule has 100 valence electrons. The Morgan fingerprint density at radius 1 is 1.39 bits per heavy atom. The Bertz CT molecular complexity index is 499. The summed E-state index contributed by atoms with van der Waals surface area (Å²) < 4.78 is 26.3. The fourth-order valence-corrected chi connectivity index (χ4v) is 3.51. The average molecular weight is 289 g/mol. The molecule has 0 radical (unpaired) electrons. The monoisotopic (exact) mass is 288 g/mol. The van der Waals surface area contributed by atoms with Gasteiger partial charge in [-0.05, 0) is 37.9 Å². The number of anilines is 1. The van der Waals surface area contributed by atoms with E-state index >= 15 is 0 Å². The number of nitrogens with one attached hydrogen (secondary N) is 2. The molecule has 0 saturated carbocycles. The molecule has 1 saturated heterocycles. The molecule has 1 aliphatic rings. The minimum Gasteiger partial charge on any atom is -0.314 e. The normalized spacial score (nSPS) is 19.9. The maximum atomic E-state index is 11.9. The van der Waals surface area contributed by atoms with E-state index in [0.717, 1.165) is 19.4 Å². The highest BCUT2D eigenvalue weighted by Gasteiger charge is 2.18. The van der Waals surface area contributed by atoms with Crippen molar-refractivity contribution in [3.8, 4) is 0 Å². The van der Waals surface area contributed by atoms with E-state index < -0.39 is 10.0 Å². The van der Waals surface area contributed by atoms with Gasteiger partial charge in [0, 0.05) is 6.04 Å². The van der Waals surface area contributed by atoms with Gasteiger partial charge in [0.2, 0.25) is 10.0 Å². The lowest BCUT2D eigenvalue weighted by atomic mass is 10.2. The van der Waals surface area contributed by atoms with E-state index in [1.807, 2.05) is 0 Å². The fraction of sp³-hybridized carbons (Fsp3) is 0.500. The highest BCUT2D eigenvalue weighted by atomic mass is 35.5. The Hall–Kier alpha value is -0.780. The Morgan fingerprint density at radius 2 is 2.17 bits per heavy atom. The minimum absolute atomic E-state index is 0.121. The van der Waals surface area contributed by atoms with Gasteiger partial charge in [-0.1, -0.05) is 23.7 Å². The topological polar surface area (TPSA) is 58.2 Å². The summed E-state index contributed by atoms with van der Waals surface area (Å²) in [6.45, 7) is 0.989. The van der Waals surface area contributed by atoms with Crippen LogP contribution in [0.5, 0.6) is 0 Å². The van der Waals surface area contributed by atoms with E-state index in [2.05, 4.69) is 10.0 Å². The lowest BCUT2D eigenvalue weighted by Crippen LogP contribution is -2.26. The molecule has 4 nitrogen and oxygen atoms in total. The van der Waals surface area contributed by atoms with Crippen molar-refractivity contribution < 1.29 is 8.42 Å². The van der Waals surface area contributed by atoms with E-state index in [4.69, 9.17) is 11.6 Å². The van der Waals surface area contributed by atoms with Crippen LogP contribution in [-0.4, -0.2) is 26.8 Å². The van der Waals surface area contributed by atoms with Gasteiger partial charge in [-0.3, -0.25) is 4.72 Å². The van der Waals surface area contributed by atoms with Gasteiger partial charge in [-0.2, -0.15) is 0 Å². The second kappa shape index (κ2) is 5.91. The predicted molar refractivity (Wildman–Crippen MR) is 74.5 cm³/mol. The zero-order valence-corrected chi connectivity index (χ0v) is 11.6. The number of sulfonamides is 1. The third kappa shape index (κ3) is 3.86. The first kappa shape index (κ1) is 13.6. The van der Waals surface area contributed by atoms with Crippen LogP contribution in [0.3, 0.4) is 0 Å². The van der Waals surface area contributed by atoms with E-state index in [1.165, 1.54) is 0 Å². The van der Waals surface area contributed by atoms with Crippen LogP contribution in [0.25, 0.3) is 0 Å². The van der Waals surface area contributed by atoms with Gasteiger partial charge in [0.1, 0.15) is 0 Å². The molecule has 0 bridgehead atoms. The summed E-state index contributed by atoms with van der Waals surface area (Å²) in [5.41, 5.74) is 0.443. The zero-order chi connectivity index (χ0) is 13.0. The maximum absolute atomic E-state index is 11.9. The molecule has 0 spiro atoms. The fourth-order valence-electron chi connectivity index (χ4n) is 2.06. The summed E-state index contributed by atoms with van der Waals surface area (Å²) in [6, 6.07) is 7.17. The molecule has 0 aliphatic carbocycles. The number of para-hydroxylation sites is 1. The Balaban J connectivity index is 1.92.